The van der Waals surface area contributed by atoms with Crippen molar-refractivity contribution in [1.29, 1.82) is 0 Å². The summed E-state index contributed by atoms with van der Waals surface area (Å²) in [5.41, 5.74) is 3.96. The van der Waals surface area contributed by atoms with Gasteiger partial charge < -0.3 is 5.11 Å². The van der Waals surface area contributed by atoms with E-state index in [9.17, 15) is 5.11 Å². The molecule has 1 aromatic heterocycles. The molecule has 0 amide bonds. The third kappa shape index (κ3) is 1.58. The lowest BCUT2D eigenvalue weighted by Crippen LogP contribution is -1.98. The van der Waals surface area contributed by atoms with Crippen molar-refractivity contribution in [2.75, 3.05) is 0 Å². The minimum atomic E-state index is 0.310. The molecule has 1 aromatic carbocycles. The van der Waals surface area contributed by atoms with Crippen LogP contribution in [0.1, 0.15) is 18.3 Å². The quantitative estimate of drug-likeness (QED) is 0.838. The number of rotatable bonds is 2. The minimum Gasteiger partial charge on any atom is -0.507 e. The van der Waals surface area contributed by atoms with E-state index in [2.05, 4.69) is 12.0 Å². The lowest BCUT2D eigenvalue weighted by molar-refractivity contribution is 0.477. The third-order valence-corrected chi connectivity index (χ3v) is 2.85. The summed E-state index contributed by atoms with van der Waals surface area (Å²) in [7, 11) is 0. The molecular formula is C13H16N2O. The summed E-state index contributed by atoms with van der Waals surface area (Å²) >= 11 is 0. The van der Waals surface area contributed by atoms with Crippen LogP contribution in [0.15, 0.2) is 24.3 Å². The Labute approximate surface area is 95.3 Å². The van der Waals surface area contributed by atoms with E-state index in [0.717, 1.165) is 29.1 Å². The predicted octanol–water partition coefficient (Wildman–Crippen LogP) is 2.89. The molecule has 0 saturated carbocycles. The molecule has 0 unspecified atom stereocenters. The molecule has 3 heteroatoms. The van der Waals surface area contributed by atoms with Gasteiger partial charge in [0.2, 0.25) is 0 Å². The topological polar surface area (TPSA) is 38.0 Å². The van der Waals surface area contributed by atoms with Gasteiger partial charge in [0, 0.05) is 23.4 Å². The van der Waals surface area contributed by atoms with Gasteiger partial charge in [0.25, 0.3) is 0 Å². The summed E-state index contributed by atoms with van der Waals surface area (Å²) in [4.78, 5) is 0. The van der Waals surface area contributed by atoms with Crippen molar-refractivity contribution < 1.29 is 5.11 Å². The Balaban J connectivity index is 2.65. The van der Waals surface area contributed by atoms with E-state index in [1.54, 1.807) is 6.07 Å². The van der Waals surface area contributed by atoms with Crippen LogP contribution >= 0.6 is 0 Å². The molecule has 3 nitrogen and oxygen atoms in total. The van der Waals surface area contributed by atoms with Gasteiger partial charge in [0.15, 0.2) is 0 Å². The van der Waals surface area contributed by atoms with Crippen LogP contribution in [0.25, 0.3) is 11.1 Å². The number of nitrogens with zero attached hydrogens (tertiary/aromatic N) is 2. The number of phenols is 1. The van der Waals surface area contributed by atoms with E-state index >= 15 is 0 Å². The number of benzene rings is 1. The fraction of sp³-hybridized carbons (Fsp3) is 0.308. The third-order valence-electron chi connectivity index (χ3n) is 2.85. The molecule has 0 atom stereocenters. The maximum Gasteiger partial charge on any atom is 0.123 e. The van der Waals surface area contributed by atoms with E-state index in [0.29, 0.717) is 5.75 Å². The predicted molar refractivity (Wildman–Crippen MR) is 64.5 cm³/mol. The highest BCUT2D eigenvalue weighted by molar-refractivity contribution is 5.73. The molecule has 0 aliphatic carbocycles. The number of para-hydroxylation sites is 1. The fourth-order valence-electron chi connectivity index (χ4n) is 2.08. The average molecular weight is 216 g/mol. The molecule has 0 aliphatic heterocycles. The first-order chi connectivity index (χ1) is 7.65. The normalized spacial score (nSPS) is 10.7. The largest absolute Gasteiger partial charge is 0.507 e. The Morgan fingerprint density at radius 1 is 1.25 bits per heavy atom. The Kier molecular flexibility index (Phi) is 2.69. The van der Waals surface area contributed by atoms with Crippen LogP contribution in [-0.4, -0.2) is 14.9 Å². The van der Waals surface area contributed by atoms with Gasteiger partial charge in [-0.05, 0) is 26.8 Å². The van der Waals surface area contributed by atoms with Crippen molar-refractivity contribution in [1.82, 2.24) is 9.78 Å². The molecule has 2 rings (SSSR count). The van der Waals surface area contributed by atoms with Crippen molar-refractivity contribution in [3.05, 3.63) is 35.7 Å². The van der Waals surface area contributed by atoms with Gasteiger partial charge in [-0.25, -0.2) is 0 Å². The second-order valence-corrected chi connectivity index (χ2v) is 3.88. The lowest BCUT2D eigenvalue weighted by Gasteiger charge is -2.05. The van der Waals surface area contributed by atoms with Crippen LogP contribution in [0.5, 0.6) is 5.75 Å². The Hall–Kier alpha value is -1.77. The highest BCUT2D eigenvalue weighted by atomic mass is 16.3. The zero-order valence-electron chi connectivity index (χ0n) is 9.86. The second-order valence-electron chi connectivity index (χ2n) is 3.88. The lowest BCUT2D eigenvalue weighted by atomic mass is 10.0. The van der Waals surface area contributed by atoms with Crippen LogP contribution in [0.3, 0.4) is 0 Å². The van der Waals surface area contributed by atoms with Gasteiger partial charge in [-0.3, -0.25) is 4.68 Å². The average Bonchev–Trinajstić information content (AvgIpc) is 2.55. The maximum absolute atomic E-state index is 9.86. The van der Waals surface area contributed by atoms with E-state index in [1.807, 2.05) is 36.7 Å². The van der Waals surface area contributed by atoms with E-state index in [4.69, 9.17) is 0 Å². The minimum absolute atomic E-state index is 0.310. The maximum atomic E-state index is 9.86. The molecule has 1 N–H and O–H groups in total. The number of aromatic nitrogens is 2. The summed E-state index contributed by atoms with van der Waals surface area (Å²) in [6.45, 7) is 6.92. The Morgan fingerprint density at radius 3 is 2.50 bits per heavy atom. The highest BCUT2D eigenvalue weighted by Crippen LogP contribution is 2.33. The molecule has 0 aliphatic rings. The Morgan fingerprint density at radius 2 is 1.94 bits per heavy atom. The summed E-state index contributed by atoms with van der Waals surface area (Å²) in [5.74, 6) is 0.310. The van der Waals surface area contributed by atoms with Crippen molar-refractivity contribution in [2.45, 2.75) is 27.3 Å². The smallest absolute Gasteiger partial charge is 0.123 e. The van der Waals surface area contributed by atoms with Crippen LogP contribution in [0, 0.1) is 13.8 Å². The molecule has 2 aromatic rings. The van der Waals surface area contributed by atoms with Gasteiger partial charge in [-0.1, -0.05) is 18.2 Å². The van der Waals surface area contributed by atoms with E-state index < -0.39 is 0 Å². The molecule has 1 heterocycles. The van der Waals surface area contributed by atoms with Crippen LogP contribution in [0.2, 0.25) is 0 Å². The number of hydrogen-bond acceptors (Lipinski definition) is 2. The van der Waals surface area contributed by atoms with Gasteiger partial charge in [-0.2, -0.15) is 5.10 Å². The standard InChI is InChI=1S/C13H16N2O/c1-4-15-10(3)13(9(2)14-15)11-7-5-6-8-12(11)16/h5-8,16H,4H2,1-3H3. The molecule has 0 bridgehead atoms. The first-order valence-corrected chi connectivity index (χ1v) is 5.47. The first-order valence-electron chi connectivity index (χ1n) is 5.47. The summed E-state index contributed by atoms with van der Waals surface area (Å²) in [6, 6.07) is 7.38. The SMILES string of the molecule is CCn1nc(C)c(-c2ccccc2O)c1C. The second kappa shape index (κ2) is 4.00. The molecule has 84 valence electrons. The van der Waals surface area contributed by atoms with Gasteiger partial charge in [0.1, 0.15) is 5.75 Å². The van der Waals surface area contributed by atoms with E-state index in [1.165, 1.54) is 0 Å². The number of aryl methyl sites for hydroxylation is 2. The summed E-state index contributed by atoms with van der Waals surface area (Å²) in [5, 5.41) is 14.3. The van der Waals surface area contributed by atoms with Crippen molar-refractivity contribution >= 4 is 0 Å². The first kappa shape index (κ1) is 10.7. The van der Waals surface area contributed by atoms with Crippen molar-refractivity contribution in [2.24, 2.45) is 0 Å². The van der Waals surface area contributed by atoms with Crippen LogP contribution in [-0.2, 0) is 6.54 Å². The van der Waals surface area contributed by atoms with Crippen LogP contribution < -0.4 is 0 Å². The van der Waals surface area contributed by atoms with Crippen LogP contribution in [0.4, 0.5) is 0 Å². The van der Waals surface area contributed by atoms with E-state index in [-0.39, 0.29) is 0 Å². The fourth-order valence-corrected chi connectivity index (χ4v) is 2.08. The summed E-state index contributed by atoms with van der Waals surface area (Å²) < 4.78 is 1.96. The van der Waals surface area contributed by atoms with Gasteiger partial charge >= 0.3 is 0 Å². The zero-order chi connectivity index (χ0) is 11.7. The van der Waals surface area contributed by atoms with Gasteiger partial charge in [-0.15, -0.1) is 0 Å². The number of aromatic hydroxyl groups is 1. The van der Waals surface area contributed by atoms with Gasteiger partial charge in [0.05, 0.1) is 5.69 Å². The molecule has 0 spiro atoms. The van der Waals surface area contributed by atoms with Crippen molar-refractivity contribution in [3.63, 3.8) is 0 Å². The molecule has 0 radical (unpaired) electrons. The molecule has 0 saturated heterocycles. The molecule has 0 fully saturated rings. The zero-order valence-corrected chi connectivity index (χ0v) is 9.86. The Bertz CT molecular complexity index is 515. The molecular weight excluding hydrogens is 200 g/mol. The number of phenolic OH excluding ortho intramolecular Hbond substituents is 1. The summed E-state index contributed by atoms with van der Waals surface area (Å²) in [6.07, 6.45) is 0. The highest BCUT2D eigenvalue weighted by Gasteiger charge is 2.14. The monoisotopic (exact) mass is 216 g/mol. The molecule has 16 heavy (non-hydrogen) atoms. The van der Waals surface area contributed by atoms with Crippen molar-refractivity contribution in [3.8, 4) is 16.9 Å². The number of hydrogen-bond donors (Lipinski definition) is 1.